The van der Waals surface area contributed by atoms with E-state index < -0.39 is 6.04 Å². The number of hydrogen-bond acceptors (Lipinski definition) is 2. The van der Waals surface area contributed by atoms with Gasteiger partial charge in [-0.25, -0.2) is 0 Å². The second-order valence-electron chi connectivity index (χ2n) is 3.72. The summed E-state index contributed by atoms with van der Waals surface area (Å²) in [7, 11) is 0. The van der Waals surface area contributed by atoms with Crippen LogP contribution in [0.4, 0.5) is 5.69 Å². The molecule has 3 N–H and O–H groups in total. The zero-order valence-electron chi connectivity index (χ0n) is 9.37. The fraction of sp³-hybridized carbons (Fsp3) is 0.417. The smallest absolute Gasteiger partial charge is 0.241 e. The van der Waals surface area contributed by atoms with E-state index in [-0.39, 0.29) is 5.91 Å². The molecule has 0 heterocycles. The molecular weight excluding hydrogens is 268 g/mol. The first-order valence-electron chi connectivity index (χ1n) is 5.46. The van der Waals surface area contributed by atoms with Crippen molar-refractivity contribution < 1.29 is 4.79 Å². The van der Waals surface area contributed by atoms with Gasteiger partial charge in [-0.15, -0.1) is 0 Å². The number of halogens is 1. The van der Waals surface area contributed by atoms with Gasteiger partial charge >= 0.3 is 0 Å². The second-order valence-corrected chi connectivity index (χ2v) is 4.57. The van der Waals surface area contributed by atoms with Crippen molar-refractivity contribution in [2.75, 3.05) is 5.32 Å². The Bertz CT molecular complexity index is 355. The molecule has 0 bridgehead atoms. The summed E-state index contributed by atoms with van der Waals surface area (Å²) in [4.78, 5) is 11.7. The predicted molar refractivity (Wildman–Crippen MR) is 70.3 cm³/mol. The highest BCUT2D eigenvalue weighted by atomic mass is 79.9. The molecule has 0 saturated carbocycles. The highest BCUT2D eigenvalue weighted by Gasteiger charge is 2.13. The van der Waals surface area contributed by atoms with E-state index in [2.05, 4.69) is 28.2 Å². The molecule has 1 unspecified atom stereocenters. The maximum atomic E-state index is 11.7. The van der Waals surface area contributed by atoms with Crippen LogP contribution in [0.5, 0.6) is 0 Å². The zero-order chi connectivity index (χ0) is 12.0. The molecule has 1 atom stereocenters. The number of unbranched alkanes of at least 4 members (excludes halogenated alkanes) is 1. The summed E-state index contributed by atoms with van der Waals surface area (Å²) >= 11 is 3.37. The Hall–Kier alpha value is -0.870. The average molecular weight is 285 g/mol. The van der Waals surface area contributed by atoms with Gasteiger partial charge in [0.05, 0.1) is 11.7 Å². The molecule has 1 aromatic carbocycles. The Balaban J connectivity index is 2.54. The van der Waals surface area contributed by atoms with Gasteiger partial charge in [-0.3, -0.25) is 4.79 Å². The van der Waals surface area contributed by atoms with E-state index in [1.165, 1.54) is 0 Å². The molecule has 0 aromatic heterocycles. The van der Waals surface area contributed by atoms with Crippen LogP contribution in [0.25, 0.3) is 0 Å². The van der Waals surface area contributed by atoms with Crippen LogP contribution in [-0.2, 0) is 4.79 Å². The summed E-state index contributed by atoms with van der Waals surface area (Å²) < 4.78 is 0.867. The van der Waals surface area contributed by atoms with Crippen LogP contribution in [0.2, 0.25) is 0 Å². The molecule has 0 aliphatic heterocycles. The van der Waals surface area contributed by atoms with Crippen LogP contribution >= 0.6 is 15.9 Å². The van der Waals surface area contributed by atoms with Crippen molar-refractivity contribution in [1.82, 2.24) is 0 Å². The minimum Gasteiger partial charge on any atom is -0.324 e. The van der Waals surface area contributed by atoms with Crippen LogP contribution in [0, 0.1) is 0 Å². The van der Waals surface area contributed by atoms with Gasteiger partial charge in [0.1, 0.15) is 0 Å². The quantitative estimate of drug-likeness (QED) is 0.874. The number of benzene rings is 1. The molecule has 1 aromatic rings. The molecule has 0 fully saturated rings. The summed E-state index contributed by atoms with van der Waals surface area (Å²) in [6.45, 7) is 2.08. The number of amides is 1. The molecule has 0 aliphatic carbocycles. The maximum absolute atomic E-state index is 11.7. The van der Waals surface area contributed by atoms with Gasteiger partial charge in [-0.1, -0.05) is 31.9 Å². The van der Waals surface area contributed by atoms with E-state index >= 15 is 0 Å². The number of carbonyl (C=O) groups excluding carboxylic acids is 1. The van der Waals surface area contributed by atoms with E-state index in [9.17, 15) is 4.79 Å². The number of para-hydroxylation sites is 1. The number of hydrogen-bond donors (Lipinski definition) is 2. The Morgan fingerprint density at radius 2 is 2.19 bits per heavy atom. The Morgan fingerprint density at radius 1 is 1.50 bits per heavy atom. The third-order valence-corrected chi connectivity index (χ3v) is 3.03. The minimum absolute atomic E-state index is 0.125. The number of carbonyl (C=O) groups is 1. The van der Waals surface area contributed by atoms with Gasteiger partial charge in [0.2, 0.25) is 5.91 Å². The number of nitrogens with two attached hydrogens (primary N) is 1. The Kier molecular flexibility index (Phi) is 5.49. The molecule has 0 aliphatic rings. The molecule has 0 spiro atoms. The first kappa shape index (κ1) is 13.2. The molecular formula is C12H17BrN2O. The van der Waals surface area contributed by atoms with Crippen LogP contribution in [-0.4, -0.2) is 11.9 Å². The van der Waals surface area contributed by atoms with Crippen molar-refractivity contribution in [2.45, 2.75) is 32.2 Å². The topological polar surface area (TPSA) is 55.1 Å². The van der Waals surface area contributed by atoms with Crippen molar-refractivity contribution in [3.8, 4) is 0 Å². The fourth-order valence-corrected chi connectivity index (χ4v) is 1.73. The monoisotopic (exact) mass is 284 g/mol. The third-order valence-electron chi connectivity index (χ3n) is 2.34. The molecule has 16 heavy (non-hydrogen) atoms. The lowest BCUT2D eigenvalue weighted by atomic mass is 10.1. The second kappa shape index (κ2) is 6.66. The van der Waals surface area contributed by atoms with Crippen molar-refractivity contribution in [2.24, 2.45) is 5.73 Å². The third kappa shape index (κ3) is 3.94. The highest BCUT2D eigenvalue weighted by Crippen LogP contribution is 2.21. The van der Waals surface area contributed by atoms with Gasteiger partial charge in [-0.2, -0.15) is 0 Å². The van der Waals surface area contributed by atoms with Crippen LogP contribution in [0.3, 0.4) is 0 Å². The number of anilines is 1. The first-order valence-corrected chi connectivity index (χ1v) is 6.25. The summed E-state index contributed by atoms with van der Waals surface area (Å²) in [6, 6.07) is 7.07. The lowest BCUT2D eigenvalue weighted by Crippen LogP contribution is -2.35. The van der Waals surface area contributed by atoms with Crippen LogP contribution < -0.4 is 11.1 Å². The number of rotatable bonds is 5. The molecule has 0 radical (unpaired) electrons. The largest absolute Gasteiger partial charge is 0.324 e. The standard InChI is InChI=1S/C12H17BrN2O/c1-2-3-7-10(14)12(16)15-11-8-5-4-6-9(11)13/h4-6,8,10H,2-3,7,14H2,1H3,(H,15,16). The summed E-state index contributed by atoms with van der Waals surface area (Å²) in [5.74, 6) is -0.125. The summed E-state index contributed by atoms with van der Waals surface area (Å²) in [5, 5.41) is 2.81. The lowest BCUT2D eigenvalue weighted by Gasteiger charge is -2.12. The molecule has 1 rings (SSSR count). The minimum atomic E-state index is -0.424. The zero-order valence-corrected chi connectivity index (χ0v) is 11.0. The normalized spacial score (nSPS) is 12.2. The van der Waals surface area contributed by atoms with Crippen molar-refractivity contribution in [3.63, 3.8) is 0 Å². The van der Waals surface area contributed by atoms with Crippen LogP contribution in [0.15, 0.2) is 28.7 Å². The van der Waals surface area contributed by atoms with Gasteiger partial charge in [0.25, 0.3) is 0 Å². The molecule has 0 saturated heterocycles. The molecule has 3 nitrogen and oxygen atoms in total. The van der Waals surface area contributed by atoms with E-state index in [1.807, 2.05) is 24.3 Å². The highest BCUT2D eigenvalue weighted by molar-refractivity contribution is 9.10. The first-order chi connectivity index (χ1) is 7.65. The Morgan fingerprint density at radius 3 is 2.81 bits per heavy atom. The van der Waals surface area contributed by atoms with Crippen molar-refractivity contribution in [3.05, 3.63) is 28.7 Å². The van der Waals surface area contributed by atoms with Crippen molar-refractivity contribution >= 4 is 27.5 Å². The summed E-state index contributed by atoms with van der Waals surface area (Å²) in [6.07, 6.45) is 2.76. The van der Waals surface area contributed by atoms with Gasteiger partial charge < -0.3 is 11.1 Å². The van der Waals surface area contributed by atoms with E-state index in [0.717, 1.165) is 29.4 Å². The van der Waals surface area contributed by atoms with E-state index in [4.69, 9.17) is 5.73 Å². The Labute approximate surface area is 105 Å². The SMILES string of the molecule is CCCCC(N)C(=O)Nc1ccccc1Br. The lowest BCUT2D eigenvalue weighted by molar-refractivity contribution is -0.117. The van der Waals surface area contributed by atoms with Crippen LogP contribution in [0.1, 0.15) is 26.2 Å². The summed E-state index contributed by atoms with van der Waals surface area (Å²) in [5.41, 5.74) is 6.54. The average Bonchev–Trinajstić information content (AvgIpc) is 2.28. The predicted octanol–water partition coefficient (Wildman–Crippen LogP) is 2.91. The molecule has 1 amide bonds. The number of nitrogens with one attached hydrogen (secondary N) is 1. The van der Waals surface area contributed by atoms with Gasteiger partial charge in [0.15, 0.2) is 0 Å². The molecule has 4 heteroatoms. The van der Waals surface area contributed by atoms with Gasteiger partial charge in [-0.05, 0) is 34.5 Å². The maximum Gasteiger partial charge on any atom is 0.241 e. The van der Waals surface area contributed by atoms with Crippen molar-refractivity contribution in [1.29, 1.82) is 0 Å². The van der Waals surface area contributed by atoms with Gasteiger partial charge in [0, 0.05) is 4.47 Å². The molecule has 88 valence electrons. The fourth-order valence-electron chi connectivity index (χ4n) is 1.34. The van der Waals surface area contributed by atoms with E-state index in [1.54, 1.807) is 0 Å². The van der Waals surface area contributed by atoms with E-state index in [0.29, 0.717) is 0 Å².